The largest absolute Gasteiger partial charge is 0.462 e. The maximum Gasteiger partial charge on any atom is 0.129 e. The van der Waals surface area contributed by atoms with Crippen LogP contribution in [-0.4, -0.2) is 19.2 Å². The van der Waals surface area contributed by atoms with Gasteiger partial charge in [0.25, 0.3) is 0 Å². The minimum atomic E-state index is -0.0594. The zero-order valence-electron chi connectivity index (χ0n) is 10.7. The number of anilines is 2. The summed E-state index contributed by atoms with van der Waals surface area (Å²) in [5.41, 5.74) is 2.19. The molecule has 1 heterocycles. The summed E-state index contributed by atoms with van der Waals surface area (Å²) in [5, 5.41) is 12.2. The Morgan fingerprint density at radius 2 is 1.94 bits per heavy atom. The van der Waals surface area contributed by atoms with Crippen LogP contribution >= 0.6 is 0 Å². The number of aliphatic hydroxyl groups is 1. The molecule has 0 saturated heterocycles. The molecule has 0 aliphatic heterocycles. The van der Waals surface area contributed by atoms with Crippen molar-refractivity contribution in [2.45, 2.75) is 13.2 Å². The van der Waals surface area contributed by atoms with Gasteiger partial charge in [0, 0.05) is 25.5 Å². The first-order valence-corrected chi connectivity index (χ1v) is 5.89. The second-order valence-corrected chi connectivity index (χ2v) is 4.32. The highest BCUT2D eigenvalue weighted by Crippen LogP contribution is 2.18. The Morgan fingerprint density at radius 3 is 2.61 bits per heavy atom. The van der Waals surface area contributed by atoms with Gasteiger partial charge in [-0.3, -0.25) is 0 Å². The number of furan rings is 1. The van der Waals surface area contributed by atoms with E-state index < -0.39 is 0 Å². The zero-order valence-corrected chi connectivity index (χ0v) is 10.7. The fourth-order valence-corrected chi connectivity index (χ4v) is 1.69. The molecule has 0 radical (unpaired) electrons. The molecular weight excluding hydrogens is 228 g/mol. The van der Waals surface area contributed by atoms with Crippen molar-refractivity contribution < 1.29 is 9.52 Å². The Kier molecular flexibility index (Phi) is 3.89. The van der Waals surface area contributed by atoms with E-state index in [1.807, 2.05) is 32.3 Å². The monoisotopic (exact) mass is 246 g/mol. The van der Waals surface area contributed by atoms with Crippen LogP contribution in [0.5, 0.6) is 0 Å². The minimum Gasteiger partial charge on any atom is -0.462 e. The van der Waals surface area contributed by atoms with Gasteiger partial charge in [-0.25, -0.2) is 0 Å². The van der Waals surface area contributed by atoms with E-state index in [-0.39, 0.29) is 6.61 Å². The topological polar surface area (TPSA) is 48.6 Å². The molecule has 1 aromatic carbocycles. The van der Waals surface area contributed by atoms with E-state index in [4.69, 9.17) is 9.52 Å². The number of aliphatic hydroxyl groups excluding tert-OH is 1. The van der Waals surface area contributed by atoms with Crippen LogP contribution < -0.4 is 10.2 Å². The van der Waals surface area contributed by atoms with Gasteiger partial charge in [0.2, 0.25) is 0 Å². The van der Waals surface area contributed by atoms with Gasteiger partial charge in [-0.15, -0.1) is 0 Å². The van der Waals surface area contributed by atoms with Crippen molar-refractivity contribution in [3.63, 3.8) is 0 Å². The van der Waals surface area contributed by atoms with E-state index in [0.717, 1.165) is 17.1 Å². The second-order valence-electron chi connectivity index (χ2n) is 4.32. The van der Waals surface area contributed by atoms with Gasteiger partial charge in [-0.05, 0) is 30.3 Å². The highest BCUT2D eigenvalue weighted by molar-refractivity contribution is 5.57. The van der Waals surface area contributed by atoms with Gasteiger partial charge in [-0.2, -0.15) is 0 Å². The molecule has 0 unspecified atom stereocenters. The molecule has 0 amide bonds. The molecule has 2 aromatic rings. The van der Waals surface area contributed by atoms with Crippen LogP contribution in [0.15, 0.2) is 40.8 Å². The van der Waals surface area contributed by atoms with Crippen molar-refractivity contribution in [3.8, 4) is 0 Å². The van der Waals surface area contributed by atoms with Gasteiger partial charge < -0.3 is 19.7 Å². The Labute approximate surface area is 107 Å². The highest BCUT2D eigenvalue weighted by Gasteiger charge is 2.02. The third-order valence-corrected chi connectivity index (χ3v) is 2.70. The zero-order chi connectivity index (χ0) is 13.0. The summed E-state index contributed by atoms with van der Waals surface area (Å²) in [6.45, 7) is 0.549. The lowest BCUT2D eigenvalue weighted by atomic mass is 10.2. The molecule has 0 fully saturated rings. The first kappa shape index (κ1) is 12.5. The molecule has 0 spiro atoms. The average molecular weight is 246 g/mol. The van der Waals surface area contributed by atoms with Crippen molar-refractivity contribution in [2.75, 3.05) is 24.3 Å². The standard InChI is InChI=1S/C14H18N2O2/c1-16(2)12-5-3-4-11(8-12)15-9-13-6-7-14(10-17)18-13/h3-8,15,17H,9-10H2,1-2H3. The van der Waals surface area contributed by atoms with E-state index in [1.165, 1.54) is 0 Å². The van der Waals surface area contributed by atoms with Crippen molar-refractivity contribution in [1.29, 1.82) is 0 Å². The Bertz CT molecular complexity index is 506. The van der Waals surface area contributed by atoms with Crippen LogP contribution in [0.3, 0.4) is 0 Å². The molecule has 0 bridgehead atoms. The summed E-state index contributed by atoms with van der Waals surface area (Å²) in [6, 6.07) is 11.8. The van der Waals surface area contributed by atoms with Crippen molar-refractivity contribution in [1.82, 2.24) is 0 Å². The first-order valence-electron chi connectivity index (χ1n) is 5.89. The van der Waals surface area contributed by atoms with E-state index in [9.17, 15) is 0 Å². The summed E-state index contributed by atoms with van der Waals surface area (Å²) in [6.07, 6.45) is 0. The van der Waals surface area contributed by atoms with Gasteiger partial charge in [0.15, 0.2) is 0 Å². The van der Waals surface area contributed by atoms with Gasteiger partial charge >= 0.3 is 0 Å². The van der Waals surface area contributed by atoms with E-state index >= 15 is 0 Å². The third-order valence-electron chi connectivity index (χ3n) is 2.70. The number of hydrogen-bond acceptors (Lipinski definition) is 4. The van der Waals surface area contributed by atoms with Crippen LogP contribution in [0.4, 0.5) is 11.4 Å². The predicted molar refractivity (Wildman–Crippen MR) is 72.7 cm³/mol. The molecular formula is C14H18N2O2. The summed E-state index contributed by atoms with van der Waals surface area (Å²) in [7, 11) is 4.03. The van der Waals surface area contributed by atoms with Gasteiger partial charge in [0.05, 0.1) is 6.54 Å². The maximum absolute atomic E-state index is 8.91. The molecule has 0 saturated carbocycles. The summed E-state index contributed by atoms with van der Waals surface area (Å²) >= 11 is 0. The fraction of sp³-hybridized carbons (Fsp3) is 0.286. The minimum absolute atomic E-state index is 0.0594. The Morgan fingerprint density at radius 1 is 1.17 bits per heavy atom. The molecule has 2 N–H and O–H groups in total. The second kappa shape index (κ2) is 5.60. The van der Waals surface area contributed by atoms with Crippen LogP contribution in [-0.2, 0) is 13.2 Å². The molecule has 0 aliphatic carbocycles. The molecule has 4 heteroatoms. The molecule has 96 valence electrons. The average Bonchev–Trinajstić information content (AvgIpc) is 2.84. The van der Waals surface area contributed by atoms with E-state index in [0.29, 0.717) is 12.3 Å². The number of hydrogen-bond donors (Lipinski definition) is 2. The van der Waals surface area contributed by atoms with Crippen molar-refractivity contribution in [2.24, 2.45) is 0 Å². The highest BCUT2D eigenvalue weighted by atomic mass is 16.4. The third kappa shape index (κ3) is 3.05. The summed E-state index contributed by atoms with van der Waals surface area (Å²) in [4.78, 5) is 2.06. The SMILES string of the molecule is CN(C)c1cccc(NCc2ccc(CO)o2)c1. The lowest BCUT2D eigenvalue weighted by Gasteiger charge is -2.14. The molecule has 0 atom stereocenters. The summed E-state index contributed by atoms with van der Waals surface area (Å²) < 4.78 is 5.41. The number of nitrogens with one attached hydrogen (secondary N) is 1. The van der Waals surface area contributed by atoms with E-state index in [2.05, 4.69) is 22.3 Å². The van der Waals surface area contributed by atoms with E-state index in [1.54, 1.807) is 6.07 Å². The smallest absolute Gasteiger partial charge is 0.129 e. The van der Waals surface area contributed by atoms with Crippen LogP contribution in [0.2, 0.25) is 0 Å². The number of nitrogens with zero attached hydrogens (tertiary/aromatic N) is 1. The number of benzene rings is 1. The summed E-state index contributed by atoms with van der Waals surface area (Å²) in [5.74, 6) is 1.41. The first-order chi connectivity index (χ1) is 8.69. The molecule has 2 rings (SSSR count). The molecule has 18 heavy (non-hydrogen) atoms. The van der Waals surface area contributed by atoms with Crippen molar-refractivity contribution >= 4 is 11.4 Å². The van der Waals surface area contributed by atoms with Crippen LogP contribution in [0, 0.1) is 0 Å². The number of rotatable bonds is 5. The maximum atomic E-state index is 8.91. The molecule has 4 nitrogen and oxygen atoms in total. The van der Waals surface area contributed by atoms with Crippen LogP contribution in [0.1, 0.15) is 11.5 Å². The fourth-order valence-electron chi connectivity index (χ4n) is 1.69. The van der Waals surface area contributed by atoms with Crippen LogP contribution in [0.25, 0.3) is 0 Å². The lowest BCUT2D eigenvalue weighted by Crippen LogP contribution is -2.09. The normalized spacial score (nSPS) is 10.4. The van der Waals surface area contributed by atoms with Gasteiger partial charge in [-0.1, -0.05) is 6.07 Å². The quantitative estimate of drug-likeness (QED) is 0.850. The predicted octanol–water partition coefficient (Wildman–Crippen LogP) is 2.45. The van der Waals surface area contributed by atoms with Gasteiger partial charge in [0.1, 0.15) is 18.1 Å². The Hall–Kier alpha value is -1.94. The Balaban J connectivity index is 1.99. The molecule has 1 aromatic heterocycles. The lowest BCUT2D eigenvalue weighted by molar-refractivity contribution is 0.244. The molecule has 0 aliphatic rings. The van der Waals surface area contributed by atoms with Crippen molar-refractivity contribution in [3.05, 3.63) is 47.9 Å².